The monoisotopic (exact) mass is 286 g/mol. The van der Waals surface area contributed by atoms with Gasteiger partial charge in [-0.3, -0.25) is 0 Å². The number of para-hydroxylation sites is 2. The van der Waals surface area contributed by atoms with E-state index in [1.807, 2.05) is 55.5 Å². The summed E-state index contributed by atoms with van der Waals surface area (Å²) >= 11 is 0. The van der Waals surface area contributed by atoms with Gasteiger partial charge in [0.1, 0.15) is 5.75 Å². The first-order chi connectivity index (χ1) is 10.2. The minimum atomic E-state index is -0.997. The maximum Gasteiger partial charge on any atom is 0.274 e. The predicted molar refractivity (Wildman–Crippen MR) is 78.8 cm³/mol. The summed E-state index contributed by atoms with van der Waals surface area (Å²) in [6, 6.07) is 15.2. The second-order valence-corrected chi connectivity index (χ2v) is 4.91. The molecule has 2 aromatic carbocycles. The first kappa shape index (κ1) is 13.8. The van der Waals surface area contributed by atoms with E-state index < -0.39 is 5.79 Å². The molecule has 4 heteroatoms. The first-order valence-corrected chi connectivity index (χ1v) is 6.84. The number of ether oxygens (including phenoxy) is 4. The normalized spacial score (nSPS) is 23.7. The fraction of sp³-hybridized carbons (Fsp3) is 0.294. The topological polar surface area (TPSA) is 36.9 Å². The van der Waals surface area contributed by atoms with Gasteiger partial charge in [-0.2, -0.15) is 0 Å². The Hall–Kier alpha value is -2.20. The predicted octanol–water partition coefficient (Wildman–Crippen LogP) is 3.35. The quantitative estimate of drug-likeness (QED) is 0.867. The molecular formula is C17H18O4. The molecule has 0 spiro atoms. The fourth-order valence-corrected chi connectivity index (χ4v) is 2.61. The van der Waals surface area contributed by atoms with E-state index in [9.17, 15) is 0 Å². The molecule has 1 heterocycles. The van der Waals surface area contributed by atoms with Crippen LogP contribution in [-0.2, 0) is 10.5 Å². The van der Waals surface area contributed by atoms with Gasteiger partial charge in [-0.1, -0.05) is 24.3 Å². The molecule has 0 bridgehead atoms. The minimum Gasteiger partial charge on any atom is -0.497 e. The van der Waals surface area contributed by atoms with Gasteiger partial charge in [0.25, 0.3) is 5.79 Å². The van der Waals surface area contributed by atoms with Gasteiger partial charge in [0.15, 0.2) is 17.6 Å². The lowest BCUT2D eigenvalue weighted by Crippen LogP contribution is -2.50. The summed E-state index contributed by atoms with van der Waals surface area (Å²) in [7, 11) is 3.25. The summed E-state index contributed by atoms with van der Waals surface area (Å²) in [6.45, 7) is 1.93. The Balaban J connectivity index is 2.08. The molecule has 21 heavy (non-hydrogen) atoms. The summed E-state index contributed by atoms with van der Waals surface area (Å²) in [5.41, 5.74) is 0.853. The molecule has 0 N–H and O–H groups in total. The number of hydrogen-bond donors (Lipinski definition) is 0. The Kier molecular flexibility index (Phi) is 3.47. The van der Waals surface area contributed by atoms with Crippen molar-refractivity contribution in [3.63, 3.8) is 0 Å². The van der Waals surface area contributed by atoms with Gasteiger partial charge in [0.2, 0.25) is 0 Å². The lowest BCUT2D eigenvalue weighted by molar-refractivity contribution is -0.235. The van der Waals surface area contributed by atoms with E-state index in [4.69, 9.17) is 18.9 Å². The Morgan fingerprint density at radius 3 is 2.48 bits per heavy atom. The molecule has 1 aliphatic heterocycles. The van der Waals surface area contributed by atoms with Crippen molar-refractivity contribution in [1.29, 1.82) is 0 Å². The molecule has 0 amide bonds. The van der Waals surface area contributed by atoms with Crippen LogP contribution in [0.5, 0.6) is 17.2 Å². The van der Waals surface area contributed by atoms with E-state index in [1.54, 1.807) is 14.2 Å². The highest BCUT2D eigenvalue weighted by Gasteiger charge is 2.46. The third kappa shape index (κ3) is 2.21. The number of fused-ring (bicyclic) bond motifs is 1. The largest absolute Gasteiger partial charge is 0.497 e. The second-order valence-electron chi connectivity index (χ2n) is 4.91. The van der Waals surface area contributed by atoms with E-state index in [1.165, 1.54) is 0 Å². The van der Waals surface area contributed by atoms with Crippen LogP contribution in [0.4, 0.5) is 0 Å². The molecular weight excluding hydrogens is 268 g/mol. The van der Waals surface area contributed by atoms with Crippen LogP contribution < -0.4 is 14.2 Å². The highest BCUT2D eigenvalue weighted by molar-refractivity contribution is 5.43. The van der Waals surface area contributed by atoms with Gasteiger partial charge in [-0.05, 0) is 31.2 Å². The Bertz CT molecular complexity index is 640. The molecule has 0 radical (unpaired) electrons. The van der Waals surface area contributed by atoms with E-state index in [2.05, 4.69) is 0 Å². The van der Waals surface area contributed by atoms with Crippen LogP contribution in [0.2, 0.25) is 0 Å². The molecule has 2 aromatic rings. The average molecular weight is 286 g/mol. The molecule has 4 nitrogen and oxygen atoms in total. The van der Waals surface area contributed by atoms with Gasteiger partial charge in [0.05, 0.1) is 7.11 Å². The van der Waals surface area contributed by atoms with Crippen LogP contribution in [0.25, 0.3) is 0 Å². The molecule has 2 unspecified atom stereocenters. The van der Waals surface area contributed by atoms with Crippen molar-refractivity contribution < 1.29 is 18.9 Å². The van der Waals surface area contributed by atoms with Crippen molar-refractivity contribution in [3.8, 4) is 17.2 Å². The maximum atomic E-state index is 6.16. The first-order valence-electron chi connectivity index (χ1n) is 6.84. The van der Waals surface area contributed by atoms with Crippen LogP contribution in [-0.4, -0.2) is 20.3 Å². The summed E-state index contributed by atoms with van der Waals surface area (Å²) in [5.74, 6) is 1.14. The van der Waals surface area contributed by atoms with E-state index in [0.717, 1.165) is 17.1 Å². The molecule has 0 saturated carbocycles. The number of benzene rings is 2. The molecule has 1 aliphatic rings. The molecule has 0 aliphatic carbocycles. The lowest BCUT2D eigenvalue weighted by Gasteiger charge is -2.41. The third-order valence-corrected chi connectivity index (χ3v) is 3.73. The van der Waals surface area contributed by atoms with Gasteiger partial charge in [-0.25, -0.2) is 0 Å². The molecule has 0 saturated heterocycles. The average Bonchev–Trinajstić information content (AvgIpc) is 2.54. The van der Waals surface area contributed by atoms with Crippen molar-refractivity contribution in [3.05, 3.63) is 54.1 Å². The van der Waals surface area contributed by atoms with E-state index >= 15 is 0 Å². The molecule has 110 valence electrons. The smallest absolute Gasteiger partial charge is 0.274 e. The minimum absolute atomic E-state index is 0.301. The van der Waals surface area contributed by atoms with Crippen LogP contribution in [0, 0.1) is 0 Å². The highest BCUT2D eigenvalue weighted by atomic mass is 16.7. The van der Waals surface area contributed by atoms with Gasteiger partial charge >= 0.3 is 0 Å². The SMILES string of the molecule is COc1cccc(C2(OC)Oc3ccccc3OC2C)c1. The molecule has 0 fully saturated rings. The Labute approximate surface area is 124 Å². The van der Waals surface area contributed by atoms with Crippen LogP contribution in [0.15, 0.2) is 48.5 Å². The van der Waals surface area contributed by atoms with Gasteiger partial charge in [0, 0.05) is 12.7 Å². The van der Waals surface area contributed by atoms with Crippen molar-refractivity contribution in [2.75, 3.05) is 14.2 Å². The van der Waals surface area contributed by atoms with Gasteiger partial charge in [-0.15, -0.1) is 0 Å². The zero-order chi connectivity index (χ0) is 14.9. The fourth-order valence-electron chi connectivity index (χ4n) is 2.61. The maximum absolute atomic E-state index is 6.16. The number of hydrogen-bond acceptors (Lipinski definition) is 4. The zero-order valence-electron chi connectivity index (χ0n) is 12.3. The van der Waals surface area contributed by atoms with E-state index in [-0.39, 0.29) is 6.10 Å². The second kappa shape index (κ2) is 5.30. The Morgan fingerprint density at radius 1 is 1.00 bits per heavy atom. The van der Waals surface area contributed by atoms with Crippen LogP contribution in [0.3, 0.4) is 0 Å². The summed E-state index contributed by atoms with van der Waals surface area (Å²) in [6.07, 6.45) is -0.301. The van der Waals surface area contributed by atoms with Crippen molar-refractivity contribution >= 4 is 0 Å². The standard InChI is InChI=1S/C17H18O4/c1-12-17(19-3,13-7-6-8-14(11-13)18-2)21-16-10-5-4-9-15(16)20-12/h4-12H,1-3H3. The van der Waals surface area contributed by atoms with Crippen LogP contribution >= 0.6 is 0 Å². The summed E-state index contributed by atoms with van der Waals surface area (Å²) in [5, 5.41) is 0. The molecule has 2 atom stereocenters. The third-order valence-electron chi connectivity index (χ3n) is 3.73. The molecule has 3 rings (SSSR count). The molecule has 0 aromatic heterocycles. The van der Waals surface area contributed by atoms with Gasteiger partial charge < -0.3 is 18.9 Å². The number of rotatable bonds is 3. The van der Waals surface area contributed by atoms with Crippen molar-refractivity contribution in [2.24, 2.45) is 0 Å². The number of methoxy groups -OCH3 is 2. The Morgan fingerprint density at radius 2 is 1.76 bits per heavy atom. The zero-order valence-corrected chi connectivity index (χ0v) is 12.3. The lowest BCUT2D eigenvalue weighted by atomic mass is 9.99. The van der Waals surface area contributed by atoms with Crippen LogP contribution in [0.1, 0.15) is 12.5 Å². The van der Waals surface area contributed by atoms with Crippen molar-refractivity contribution in [2.45, 2.75) is 18.8 Å². The van der Waals surface area contributed by atoms with E-state index in [0.29, 0.717) is 5.75 Å². The highest BCUT2D eigenvalue weighted by Crippen LogP contribution is 2.43. The summed E-state index contributed by atoms with van der Waals surface area (Å²) < 4.78 is 23.2. The van der Waals surface area contributed by atoms with Crippen molar-refractivity contribution in [1.82, 2.24) is 0 Å². The summed E-state index contributed by atoms with van der Waals surface area (Å²) in [4.78, 5) is 0.